The summed E-state index contributed by atoms with van der Waals surface area (Å²) in [6.45, 7) is 2.02. The first-order chi connectivity index (χ1) is 13.6. The molecule has 0 radical (unpaired) electrons. The van der Waals surface area contributed by atoms with Gasteiger partial charge in [0.05, 0.1) is 28.3 Å². The van der Waals surface area contributed by atoms with Crippen molar-refractivity contribution in [1.29, 1.82) is 0 Å². The van der Waals surface area contributed by atoms with Crippen LogP contribution >= 0.6 is 39.0 Å². The van der Waals surface area contributed by atoms with Crippen molar-refractivity contribution in [2.24, 2.45) is 4.99 Å². The van der Waals surface area contributed by atoms with E-state index in [1.807, 2.05) is 27.7 Å². The smallest absolute Gasteiger partial charge is 0.258 e. The summed E-state index contributed by atoms with van der Waals surface area (Å²) in [4.78, 5) is 31.4. The molecule has 1 aliphatic rings. The lowest BCUT2D eigenvalue weighted by Crippen LogP contribution is -2.33. The van der Waals surface area contributed by atoms with Crippen LogP contribution in [0.2, 0.25) is 0 Å². The molecule has 0 N–H and O–H groups in total. The average Bonchev–Trinajstić information content (AvgIpc) is 2.85. The molecule has 8 heteroatoms. The number of likely N-dealkylation sites (tertiary alicyclic amines) is 1. The summed E-state index contributed by atoms with van der Waals surface area (Å²) in [5.41, 5.74) is 0.960. The molecule has 0 saturated carbocycles. The fourth-order valence-corrected chi connectivity index (χ4v) is 5.45. The number of fused-ring (bicyclic) bond motifs is 1. The first-order valence-corrected chi connectivity index (χ1v) is 12.0. The molecule has 1 aromatic heterocycles. The quantitative estimate of drug-likeness (QED) is 0.614. The number of aromatic nitrogens is 1. The Labute approximate surface area is 181 Å². The van der Waals surface area contributed by atoms with Gasteiger partial charge in [0.15, 0.2) is 4.80 Å². The number of halogens is 1. The number of amides is 2. The van der Waals surface area contributed by atoms with E-state index in [1.165, 1.54) is 35.9 Å². The first kappa shape index (κ1) is 21.2. The van der Waals surface area contributed by atoms with E-state index < -0.39 is 0 Å². The van der Waals surface area contributed by atoms with Crippen molar-refractivity contribution in [3.63, 3.8) is 0 Å². The number of thiazole rings is 1. The Balaban J connectivity index is 1.65. The summed E-state index contributed by atoms with van der Waals surface area (Å²) in [6, 6.07) is 5.90. The van der Waals surface area contributed by atoms with Gasteiger partial charge in [0.1, 0.15) is 0 Å². The van der Waals surface area contributed by atoms with Crippen LogP contribution in [0, 0.1) is 12.3 Å². The SMILES string of the molecule is C#CCn1c(=NC(=O)CSCC(=O)N2CCCCCC2)sc2cc(Br)ccc21. The van der Waals surface area contributed by atoms with Crippen LogP contribution in [0.15, 0.2) is 27.7 Å². The van der Waals surface area contributed by atoms with Gasteiger partial charge in [-0.3, -0.25) is 9.59 Å². The molecule has 0 bridgehead atoms. The van der Waals surface area contributed by atoms with Gasteiger partial charge in [-0.15, -0.1) is 18.2 Å². The van der Waals surface area contributed by atoms with Gasteiger partial charge in [-0.25, -0.2) is 0 Å². The van der Waals surface area contributed by atoms with Crippen LogP contribution in [0.25, 0.3) is 10.2 Å². The molecule has 3 rings (SSSR count). The molecule has 0 unspecified atom stereocenters. The molecule has 1 fully saturated rings. The second kappa shape index (κ2) is 10.3. The monoisotopic (exact) mass is 479 g/mol. The fourth-order valence-electron chi connectivity index (χ4n) is 3.15. The molecule has 2 heterocycles. The van der Waals surface area contributed by atoms with E-state index in [4.69, 9.17) is 6.42 Å². The van der Waals surface area contributed by atoms with E-state index in [1.54, 1.807) is 0 Å². The second-order valence-corrected chi connectivity index (χ2v) is 9.49. The summed E-state index contributed by atoms with van der Waals surface area (Å²) in [5.74, 6) is 3.01. The van der Waals surface area contributed by atoms with E-state index in [2.05, 4.69) is 26.8 Å². The van der Waals surface area contributed by atoms with Gasteiger partial charge in [-0.1, -0.05) is 46.0 Å². The van der Waals surface area contributed by atoms with E-state index in [9.17, 15) is 9.59 Å². The predicted molar refractivity (Wildman–Crippen MR) is 119 cm³/mol. The predicted octanol–water partition coefficient (Wildman–Crippen LogP) is 3.66. The van der Waals surface area contributed by atoms with Crippen LogP contribution in [-0.2, 0) is 16.1 Å². The number of carbonyl (C=O) groups excluding carboxylic acids is 2. The number of benzene rings is 1. The van der Waals surface area contributed by atoms with E-state index in [-0.39, 0.29) is 17.6 Å². The van der Waals surface area contributed by atoms with Crippen LogP contribution in [0.4, 0.5) is 0 Å². The molecular formula is C20H22BrN3O2S2. The minimum atomic E-state index is -0.245. The van der Waals surface area contributed by atoms with Crippen LogP contribution in [0.5, 0.6) is 0 Å². The summed E-state index contributed by atoms with van der Waals surface area (Å²) in [6.07, 6.45) is 10.0. The van der Waals surface area contributed by atoms with Crippen LogP contribution in [-0.4, -0.2) is 45.9 Å². The topological polar surface area (TPSA) is 54.7 Å². The Morgan fingerprint density at radius 1 is 1.21 bits per heavy atom. The average molecular weight is 480 g/mol. The highest BCUT2D eigenvalue weighted by atomic mass is 79.9. The standard InChI is InChI=1S/C20H22BrN3O2S2/c1-2-9-24-16-8-7-15(21)12-17(16)28-20(24)22-18(25)13-27-14-19(26)23-10-5-3-4-6-11-23/h1,7-8,12H,3-6,9-11,13-14H2. The molecular weight excluding hydrogens is 458 g/mol. The lowest BCUT2D eigenvalue weighted by Gasteiger charge is -2.19. The molecule has 1 aromatic carbocycles. The minimum Gasteiger partial charge on any atom is -0.342 e. The van der Waals surface area contributed by atoms with Crippen molar-refractivity contribution < 1.29 is 9.59 Å². The third kappa shape index (κ3) is 5.49. The van der Waals surface area contributed by atoms with Crippen molar-refractivity contribution in [1.82, 2.24) is 9.47 Å². The van der Waals surface area contributed by atoms with E-state index in [0.717, 1.165) is 40.6 Å². The number of nitrogens with zero attached hydrogens (tertiary/aromatic N) is 3. The van der Waals surface area contributed by atoms with Crippen molar-refractivity contribution >= 4 is 61.1 Å². The van der Waals surface area contributed by atoms with E-state index in [0.29, 0.717) is 17.1 Å². The fraction of sp³-hybridized carbons (Fsp3) is 0.450. The van der Waals surface area contributed by atoms with Crippen LogP contribution in [0.3, 0.4) is 0 Å². The third-order valence-corrected chi connectivity index (χ3v) is 6.96. The Hall–Kier alpha value is -1.56. The van der Waals surface area contributed by atoms with Crippen LogP contribution in [0.1, 0.15) is 25.7 Å². The maximum absolute atomic E-state index is 12.3. The van der Waals surface area contributed by atoms with Crippen molar-refractivity contribution in [2.75, 3.05) is 24.6 Å². The number of rotatable bonds is 5. The summed E-state index contributed by atoms with van der Waals surface area (Å²) >= 11 is 6.23. The van der Waals surface area contributed by atoms with Crippen molar-refractivity contribution in [3.8, 4) is 12.3 Å². The molecule has 148 valence electrons. The number of terminal acetylenes is 1. The molecule has 5 nitrogen and oxygen atoms in total. The molecule has 28 heavy (non-hydrogen) atoms. The Morgan fingerprint density at radius 3 is 2.68 bits per heavy atom. The van der Waals surface area contributed by atoms with Gasteiger partial charge < -0.3 is 9.47 Å². The Morgan fingerprint density at radius 2 is 1.96 bits per heavy atom. The van der Waals surface area contributed by atoms with E-state index >= 15 is 0 Å². The molecule has 2 amide bonds. The maximum atomic E-state index is 12.3. The van der Waals surface area contributed by atoms with Gasteiger partial charge in [-0.2, -0.15) is 4.99 Å². The highest BCUT2D eigenvalue weighted by molar-refractivity contribution is 9.10. The minimum absolute atomic E-state index is 0.119. The first-order valence-electron chi connectivity index (χ1n) is 9.24. The van der Waals surface area contributed by atoms with Gasteiger partial charge in [0.2, 0.25) is 5.91 Å². The van der Waals surface area contributed by atoms with Gasteiger partial charge in [0, 0.05) is 17.6 Å². The zero-order chi connectivity index (χ0) is 19.9. The molecule has 0 spiro atoms. The van der Waals surface area contributed by atoms with Crippen LogP contribution < -0.4 is 4.80 Å². The zero-order valence-corrected chi connectivity index (χ0v) is 18.7. The number of thioether (sulfide) groups is 1. The molecule has 1 saturated heterocycles. The number of hydrogen-bond acceptors (Lipinski definition) is 4. The normalized spacial score (nSPS) is 15.4. The molecule has 2 aromatic rings. The molecule has 0 aliphatic carbocycles. The second-order valence-electron chi connectivity index (χ2n) is 6.58. The summed E-state index contributed by atoms with van der Waals surface area (Å²) < 4.78 is 3.85. The van der Waals surface area contributed by atoms with Gasteiger partial charge in [0.25, 0.3) is 5.91 Å². The zero-order valence-electron chi connectivity index (χ0n) is 15.5. The maximum Gasteiger partial charge on any atom is 0.258 e. The lowest BCUT2D eigenvalue weighted by atomic mass is 10.2. The molecule has 1 aliphatic heterocycles. The summed E-state index contributed by atoms with van der Waals surface area (Å²) in [5, 5.41) is 0. The Bertz CT molecular complexity index is 966. The largest absolute Gasteiger partial charge is 0.342 e. The highest BCUT2D eigenvalue weighted by Crippen LogP contribution is 2.22. The number of carbonyl (C=O) groups is 2. The summed E-state index contributed by atoms with van der Waals surface area (Å²) in [7, 11) is 0. The number of hydrogen-bond donors (Lipinski definition) is 0. The lowest BCUT2D eigenvalue weighted by molar-refractivity contribution is -0.128. The van der Waals surface area contributed by atoms with Crippen molar-refractivity contribution in [3.05, 3.63) is 27.5 Å². The van der Waals surface area contributed by atoms with Crippen molar-refractivity contribution in [2.45, 2.75) is 32.2 Å². The molecule has 0 atom stereocenters. The van der Waals surface area contributed by atoms with Gasteiger partial charge >= 0.3 is 0 Å². The van der Waals surface area contributed by atoms with Gasteiger partial charge in [-0.05, 0) is 31.0 Å². The highest BCUT2D eigenvalue weighted by Gasteiger charge is 2.16. The Kier molecular flexibility index (Phi) is 7.77. The third-order valence-electron chi connectivity index (χ3n) is 4.52.